The summed E-state index contributed by atoms with van der Waals surface area (Å²) in [5, 5.41) is 2.36. The van der Waals surface area contributed by atoms with Gasteiger partial charge < -0.3 is 11.1 Å². The number of alkyl halides is 3. The first kappa shape index (κ1) is 13.3. The minimum absolute atomic E-state index is 0.00160. The van der Waals surface area contributed by atoms with Gasteiger partial charge in [-0.25, -0.2) is 0 Å². The summed E-state index contributed by atoms with van der Waals surface area (Å²) in [6.45, 7) is 1.80. The summed E-state index contributed by atoms with van der Waals surface area (Å²) in [6, 6.07) is 3.43. The molecule has 0 aliphatic rings. The number of rotatable bonds is 3. The molecule has 0 unspecified atom stereocenters. The second-order valence-electron chi connectivity index (χ2n) is 3.56. The summed E-state index contributed by atoms with van der Waals surface area (Å²) in [5.74, 6) is -0.349. The summed E-state index contributed by atoms with van der Waals surface area (Å²) in [7, 11) is 0. The Balaban J connectivity index is 2.99. The molecule has 1 rings (SSSR count). The van der Waals surface area contributed by atoms with Gasteiger partial charge in [0.2, 0.25) is 5.91 Å². The normalized spacial score (nSPS) is 11.3. The number of carbonyl (C=O) groups is 1. The number of carbonyl (C=O) groups excluding carboxylic acids is 1. The molecule has 3 N–H and O–H groups in total. The lowest BCUT2D eigenvalue weighted by atomic mass is 10.1. The number of halogens is 3. The van der Waals surface area contributed by atoms with E-state index in [1.165, 1.54) is 12.1 Å². The monoisotopic (exact) mass is 246 g/mol. The first-order valence-electron chi connectivity index (χ1n) is 5.11. The van der Waals surface area contributed by atoms with Crippen molar-refractivity contribution in [3.05, 3.63) is 23.8 Å². The van der Waals surface area contributed by atoms with Gasteiger partial charge >= 0.3 is 6.18 Å². The van der Waals surface area contributed by atoms with Gasteiger partial charge in [-0.15, -0.1) is 0 Å². The molecule has 94 valence electrons. The van der Waals surface area contributed by atoms with Gasteiger partial charge in [-0.2, -0.15) is 13.2 Å². The fourth-order valence-corrected chi connectivity index (χ4v) is 1.36. The second-order valence-corrected chi connectivity index (χ2v) is 3.56. The van der Waals surface area contributed by atoms with Crippen molar-refractivity contribution in [1.82, 2.24) is 0 Å². The largest absolute Gasteiger partial charge is 0.418 e. The predicted octanol–water partition coefficient (Wildman–Crippen LogP) is 3.03. The second kappa shape index (κ2) is 5.07. The fourth-order valence-electron chi connectivity index (χ4n) is 1.36. The van der Waals surface area contributed by atoms with Crippen molar-refractivity contribution in [2.45, 2.75) is 25.9 Å². The molecular weight excluding hydrogens is 233 g/mol. The van der Waals surface area contributed by atoms with Crippen molar-refractivity contribution in [2.24, 2.45) is 0 Å². The maximum absolute atomic E-state index is 12.5. The molecule has 1 aromatic carbocycles. The molecule has 1 aromatic rings. The average molecular weight is 246 g/mol. The molecule has 0 aliphatic carbocycles. The first-order valence-corrected chi connectivity index (χ1v) is 5.11. The minimum atomic E-state index is -4.52. The van der Waals surface area contributed by atoms with E-state index in [1.807, 2.05) is 0 Å². The predicted molar refractivity (Wildman–Crippen MR) is 59.4 cm³/mol. The summed E-state index contributed by atoms with van der Waals surface area (Å²) in [5.41, 5.74) is 3.99. The molecule has 3 nitrogen and oxygen atoms in total. The molecule has 0 bridgehead atoms. The van der Waals surface area contributed by atoms with Crippen LogP contribution in [0.4, 0.5) is 24.5 Å². The van der Waals surface area contributed by atoms with Crippen LogP contribution in [-0.2, 0) is 11.0 Å². The van der Waals surface area contributed by atoms with Crippen molar-refractivity contribution >= 4 is 17.3 Å². The van der Waals surface area contributed by atoms with Gasteiger partial charge in [-0.05, 0) is 18.6 Å². The van der Waals surface area contributed by atoms with Crippen LogP contribution in [0.25, 0.3) is 0 Å². The summed E-state index contributed by atoms with van der Waals surface area (Å²) in [4.78, 5) is 11.3. The summed E-state index contributed by atoms with van der Waals surface area (Å²) < 4.78 is 37.6. The van der Waals surface area contributed by atoms with E-state index >= 15 is 0 Å². The first-order chi connectivity index (χ1) is 7.86. The van der Waals surface area contributed by atoms with Crippen LogP contribution in [0.3, 0.4) is 0 Å². The Morgan fingerprint density at radius 3 is 2.59 bits per heavy atom. The van der Waals surface area contributed by atoms with Crippen LogP contribution in [0.5, 0.6) is 0 Å². The number of anilines is 2. The molecule has 0 atom stereocenters. The van der Waals surface area contributed by atoms with Gasteiger partial charge in [0, 0.05) is 6.42 Å². The molecule has 0 radical (unpaired) electrons. The van der Waals surface area contributed by atoms with Crippen molar-refractivity contribution < 1.29 is 18.0 Å². The van der Waals surface area contributed by atoms with Gasteiger partial charge in [0.1, 0.15) is 0 Å². The van der Waals surface area contributed by atoms with Crippen molar-refractivity contribution in [3.63, 3.8) is 0 Å². The topological polar surface area (TPSA) is 55.1 Å². The Bertz CT molecular complexity index is 416. The molecule has 0 spiro atoms. The molecule has 0 fully saturated rings. The number of para-hydroxylation sites is 1. The number of amides is 1. The van der Waals surface area contributed by atoms with Crippen LogP contribution in [0, 0.1) is 0 Å². The fraction of sp³-hybridized carbons (Fsp3) is 0.364. The summed E-state index contributed by atoms with van der Waals surface area (Å²) in [6.07, 6.45) is -3.66. The Hall–Kier alpha value is -1.72. The summed E-state index contributed by atoms with van der Waals surface area (Å²) >= 11 is 0. The van der Waals surface area contributed by atoms with Gasteiger partial charge in [0.15, 0.2) is 0 Å². The third kappa shape index (κ3) is 3.37. The van der Waals surface area contributed by atoms with E-state index < -0.39 is 17.4 Å². The number of nitrogens with one attached hydrogen (secondary N) is 1. The van der Waals surface area contributed by atoms with Crippen LogP contribution < -0.4 is 11.1 Å². The minimum Gasteiger partial charge on any atom is -0.397 e. The third-order valence-corrected chi connectivity index (χ3v) is 2.16. The van der Waals surface area contributed by atoms with Gasteiger partial charge in [0.25, 0.3) is 0 Å². The molecule has 0 aromatic heterocycles. The highest BCUT2D eigenvalue weighted by Crippen LogP contribution is 2.36. The lowest BCUT2D eigenvalue weighted by Gasteiger charge is -2.14. The van der Waals surface area contributed by atoms with E-state index in [-0.39, 0.29) is 18.0 Å². The quantitative estimate of drug-likeness (QED) is 0.805. The number of nitrogens with two attached hydrogens (primary N) is 1. The molecule has 6 heteroatoms. The molecular formula is C11H13F3N2O. The lowest BCUT2D eigenvalue weighted by molar-refractivity contribution is -0.136. The smallest absolute Gasteiger partial charge is 0.397 e. The van der Waals surface area contributed by atoms with E-state index in [4.69, 9.17) is 5.73 Å². The van der Waals surface area contributed by atoms with Crippen LogP contribution in [-0.4, -0.2) is 5.91 Å². The van der Waals surface area contributed by atoms with Crippen LogP contribution in [0.15, 0.2) is 18.2 Å². The highest BCUT2D eigenvalue weighted by atomic mass is 19.4. The van der Waals surface area contributed by atoms with E-state index in [2.05, 4.69) is 5.32 Å². The Morgan fingerprint density at radius 1 is 1.41 bits per heavy atom. The molecule has 0 aliphatic heterocycles. The van der Waals surface area contributed by atoms with Crippen molar-refractivity contribution in [3.8, 4) is 0 Å². The van der Waals surface area contributed by atoms with Gasteiger partial charge in [-0.1, -0.05) is 13.0 Å². The third-order valence-electron chi connectivity index (χ3n) is 2.16. The van der Waals surface area contributed by atoms with Gasteiger partial charge in [-0.3, -0.25) is 4.79 Å². The molecule has 1 amide bonds. The van der Waals surface area contributed by atoms with E-state index in [1.54, 1.807) is 6.92 Å². The number of nitrogen functional groups attached to an aromatic ring is 1. The maximum atomic E-state index is 12.5. The molecule has 0 saturated carbocycles. The zero-order valence-electron chi connectivity index (χ0n) is 9.27. The maximum Gasteiger partial charge on any atom is 0.418 e. The van der Waals surface area contributed by atoms with Crippen molar-refractivity contribution in [1.29, 1.82) is 0 Å². The lowest BCUT2D eigenvalue weighted by Crippen LogP contribution is -2.15. The highest BCUT2D eigenvalue weighted by molar-refractivity contribution is 5.94. The van der Waals surface area contributed by atoms with E-state index in [9.17, 15) is 18.0 Å². The zero-order chi connectivity index (χ0) is 13.1. The van der Waals surface area contributed by atoms with Crippen molar-refractivity contribution in [2.75, 3.05) is 11.1 Å². The van der Waals surface area contributed by atoms with E-state index in [0.717, 1.165) is 6.07 Å². The Morgan fingerprint density at radius 2 is 2.06 bits per heavy atom. The zero-order valence-corrected chi connectivity index (χ0v) is 9.27. The molecule has 0 heterocycles. The van der Waals surface area contributed by atoms with Crippen LogP contribution in [0.1, 0.15) is 25.3 Å². The Kier molecular flexibility index (Phi) is 3.98. The highest BCUT2D eigenvalue weighted by Gasteiger charge is 2.33. The van der Waals surface area contributed by atoms with Gasteiger partial charge in [0.05, 0.1) is 16.9 Å². The molecule has 0 saturated heterocycles. The molecule has 17 heavy (non-hydrogen) atoms. The number of hydrogen-bond donors (Lipinski definition) is 2. The average Bonchev–Trinajstić information content (AvgIpc) is 2.19. The van der Waals surface area contributed by atoms with Crippen LogP contribution in [0.2, 0.25) is 0 Å². The van der Waals surface area contributed by atoms with Crippen LogP contribution >= 0.6 is 0 Å². The number of benzene rings is 1. The standard InChI is InChI=1S/C11H13F3N2O/c1-2-4-9(17)16-8-6-3-5-7(10(8)15)11(12,13)14/h3,5-6H,2,4,15H2,1H3,(H,16,17). The van der Waals surface area contributed by atoms with E-state index in [0.29, 0.717) is 6.42 Å². The number of hydrogen-bond acceptors (Lipinski definition) is 2. The SMILES string of the molecule is CCCC(=O)Nc1cccc(C(F)(F)F)c1N. The Labute approximate surface area is 96.8 Å².